The van der Waals surface area contributed by atoms with Gasteiger partial charge in [0.25, 0.3) is 0 Å². The highest BCUT2D eigenvalue weighted by Gasteiger charge is 2.29. The van der Waals surface area contributed by atoms with E-state index in [2.05, 4.69) is 27.7 Å². The van der Waals surface area contributed by atoms with Crippen molar-refractivity contribution in [3.8, 4) is 0 Å². The molecule has 11 heteroatoms. The summed E-state index contributed by atoms with van der Waals surface area (Å²) < 4.78 is 5.33. The first-order valence-corrected chi connectivity index (χ1v) is 14.4. The number of nitrogens with zero attached hydrogens (tertiary/aromatic N) is 1. The predicted molar refractivity (Wildman–Crippen MR) is 156 cm³/mol. The van der Waals surface area contributed by atoms with Crippen LogP contribution in [0.25, 0.3) is 0 Å². The number of carboxylic acid groups (broad SMARTS) is 1. The number of esters is 1. The molecule has 0 spiro atoms. The number of hydrogen-bond acceptors (Lipinski definition) is 8. The van der Waals surface area contributed by atoms with E-state index in [-0.39, 0.29) is 18.3 Å². The first-order valence-electron chi connectivity index (χ1n) is 12.6. The molecule has 4 rings (SSSR count). The monoisotopic (exact) mass is 579 g/mol. The Morgan fingerprint density at radius 2 is 1.88 bits per heavy atom. The Morgan fingerprint density at radius 1 is 1.07 bits per heavy atom. The van der Waals surface area contributed by atoms with Crippen LogP contribution in [0.2, 0.25) is 0 Å². The molecule has 0 fully saturated rings. The number of hydrogen-bond donors (Lipinski definition) is 3. The lowest BCUT2D eigenvalue weighted by molar-refractivity contribution is -0.131. The minimum atomic E-state index is -1.22. The molecule has 2 aromatic carbocycles. The molecule has 40 heavy (non-hydrogen) atoms. The van der Waals surface area contributed by atoms with Gasteiger partial charge in [0.05, 0.1) is 17.9 Å². The van der Waals surface area contributed by atoms with Crippen molar-refractivity contribution in [2.45, 2.75) is 31.3 Å². The molecular formula is C29H29N3O6S2. The van der Waals surface area contributed by atoms with Crippen LogP contribution in [0, 0.1) is 0 Å². The maximum Gasteiger partial charge on any atom is 0.341 e. The van der Waals surface area contributed by atoms with E-state index in [1.807, 2.05) is 18.2 Å². The first kappa shape index (κ1) is 29.1. The van der Waals surface area contributed by atoms with Crippen LogP contribution in [0.3, 0.4) is 0 Å². The third kappa shape index (κ3) is 8.04. The highest BCUT2D eigenvalue weighted by Crippen LogP contribution is 2.38. The van der Waals surface area contributed by atoms with Gasteiger partial charge in [-0.05, 0) is 42.7 Å². The summed E-state index contributed by atoms with van der Waals surface area (Å²) in [6, 6.07) is 17.1. The number of thiophene rings is 1. The number of rotatable bonds is 11. The van der Waals surface area contributed by atoms with E-state index in [0.717, 1.165) is 40.6 Å². The van der Waals surface area contributed by atoms with Crippen LogP contribution in [0.5, 0.6) is 0 Å². The molecule has 1 aliphatic heterocycles. The SMILES string of the molecule is CCOC(=O)c1c(NC(=O)CSc2cccc(NC(=O)/C=C/C(=O)O)c2)sc2c1CCN(Cc1ccccc1)C2. The molecule has 0 aliphatic carbocycles. The summed E-state index contributed by atoms with van der Waals surface area (Å²) in [6.45, 7) is 4.29. The number of carbonyl (C=O) groups is 4. The van der Waals surface area contributed by atoms with Crippen LogP contribution in [-0.2, 0) is 38.6 Å². The molecule has 208 valence electrons. The molecule has 0 bridgehead atoms. The van der Waals surface area contributed by atoms with E-state index in [0.29, 0.717) is 29.2 Å². The summed E-state index contributed by atoms with van der Waals surface area (Å²) in [6.07, 6.45) is 2.38. The number of nitrogens with one attached hydrogen (secondary N) is 2. The molecule has 1 aromatic heterocycles. The fraction of sp³-hybridized carbons (Fsp3) is 0.241. The zero-order chi connectivity index (χ0) is 28.5. The molecule has 0 unspecified atom stereocenters. The van der Waals surface area contributed by atoms with Crippen LogP contribution < -0.4 is 10.6 Å². The summed E-state index contributed by atoms with van der Waals surface area (Å²) in [5.41, 5.74) is 3.08. The number of carboxylic acids is 1. The lowest BCUT2D eigenvalue weighted by Crippen LogP contribution is -2.30. The number of anilines is 2. The second-order valence-corrected chi connectivity index (χ2v) is 11.1. The fourth-order valence-corrected chi connectivity index (χ4v) is 6.30. The molecule has 2 amide bonds. The Hall–Kier alpha value is -3.93. The van der Waals surface area contributed by atoms with Gasteiger partial charge in [-0.25, -0.2) is 9.59 Å². The molecule has 0 atom stereocenters. The summed E-state index contributed by atoms with van der Waals surface area (Å²) in [5.74, 6) is -2.40. The summed E-state index contributed by atoms with van der Waals surface area (Å²) in [7, 11) is 0. The number of carbonyl (C=O) groups excluding carboxylic acids is 3. The minimum absolute atomic E-state index is 0.0846. The van der Waals surface area contributed by atoms with Crippen LogP contribution in [-0.4, -0.2) is 52.7 Å². The van der Waals surface area contributed by atoms with Crippen LogP contribution in [0.15, 0.2) is 71.6 Å². The molecule has 0 saturated carbocycles. The number of fused-ring (bicyclic) bond motifs is 1. The van der Waals surface area contributed by atoms with Gasteiger partial charge >= 0.3 is 11.9 Å². The summed E-state index contributed by atoms with van der Waals surface area (Å²) in [4.78, 5) is 52.4. The molecule has 2 heterocycles. The Kier molecular flexibility index (Phi) is 10.1. The minimum Gasteiger partial charge on any atom is -0.478 e. The normalized spacial score (nSPS) is 13.0. The number of aliphatic carboxylic acids is 1. The van der Waals surface area contributed by atoms with Crippen molar-refractivity contribution in [1.82, 2.24) is 4.90 Å². The van der Waals surface area contributed by atoms with E-state index < -0.39 is 17.8 Å². The third-order valence-electron chi connectivity index (χ3n) is 5.97. The van der Waals surface area contributed by atoms with Crippen molar-refractivity contribution in [3.63, 3.8) is 0 Å². The van der Waals surface area contributed by atoms with Crippen molar-refractivity contribution in [1.29, 1.82) is 0 Å². The number of thioether (sulfide) groups is 1. The van der Waals surface area contributed by atoms with Gasteiger partial charge in [0.1, 0.15) is 5.00 Å². The third-order valence-corrected chi connectivity index (χ3v) is 8.09. The summed E-state index contributed by atoms with van der Waals surface area (Å²) >= 11 is 2.69. The Morgan fingerprint density at radius 3 is 2.62 bits per heavy atom. The smallest absolute Gasteiger partial charge is 0.341 e. The lowest BCUT2D eigenvalue weighted by atomic mass is 10.0. The van der Waals surface area contributed by atoms with E-state index in [1.165, 1.54) is 28.7 Å². The van der Waals surface area contributed by atoms with E-state index in [9.17, 15) is 19.2 Å². The zero-order valence-electron chi connectivity index (χ0n) is 21.8. The van der Waals surface area contributed by atoms with Crippen molar-refractivity contribution in [3.05, 3.63) is 88.3 Å². The zero-order valence-corrected chi connectivity index (χ0v) is 23.5. The van der Waals surface area contributed by atoms with Gasteiger partial charge in [-0.3, -0.25) is 14.5 Å². The van der Waals surface area contributed by atoms with E-state index >= 15 is 0 Å². The van der Waals surface area contributed by atoms with Crippen molar-refractivity contribution < 1.29 is 29.0 Å². The topological polar surface area (TPSA) is 125 Å². The van der Waals surface area contributed by atoms with Crippen molar-refractivity contribution >= 4 is 57.5 Å². The van der Waals surface area contributed by atoms with Gasteiger partial charge in [-0.15, -0.1) is 23.1 Å². The van der Waals surface area contributed by atoms with Crippen molar-refractivity contribution in [2.75, 3.05) is 29.5 Å². The number of amides is 2. The van der Waals surface area contributed by atoms with E-state index in [1.54, 1.807) is 31.2 Å². The molecule has 0 radical (unpaired) electrons. The maximum atomic E-state index is 12.9. The first-order chi connectivity index (χ1) is 19.3. The molecule has 1 aliphatic rings. The second kappa shape index (κ2) is 13.9. The van der Waals surface area contributed by atoms with Gasteiger partial charge in [0.15, 0.2) is 0 Å². The summed E-state index contributed by atoms with van der Waals surface area (Å²) in [5, 5.41) is 14.7. The number of ether oxygens (including phenoxy) is 1. The van der Waals surface area contributed by atoms with Crippen LogP contribution in [0.4, 0.5) is 10.7 Å². The molecule has 9 nitrogen and oxygen atoms in total. The van der Waals surface area contributed by atoms with Crippen LogP contribution in [0.1, 0.15) is 33.3 Å². The molecule has 3 N–H and O–H groups in total. The van der Waals surface area contributed by atoms with Gasteiger partial charge < -0.3 is 20.5 Å². The average molecular weight is 580 g/mol. The van der Waals surface area contributed by atoms with Crippen LogP contribution >= 0.6 is 23.1 Å². The highest BCUT2D eigenvalue weighted by molar-refractivity contribution is 8.00. The quantitative estimate of drug-likeness (QED) is 0.168. The largest absolute Gasteiger partial charge is 0.478 e. The lowest BCUT2D eigenvalue weighted by Gasteiger charge is -2.27. The Balaban J connectivity index is 1.41. The predicted octanol–water partition coefficient (Wildman–Crippen LogP) is 4.79. The Labute approximate surface area is 240 Å². The molecule has 0 saturated heterocycles. The fourth-order valence-electron chi connectivity index (χ4n) is 4.25. The van der Waals surface area contributed by atoms with Gasteiger partial charge in [-0.1, -0.05) is 36.4 Å². The molecule has 3 aromatic rings. The second-order valence-electron chi connectivity index (χ2n) is 8.90. The van der Waals surface area contributed by atoms with Gasteiger partial charge in [0.2, 0.25) is 11.8 Å². The highest BCUT2D eigenvalue weighted by atomic mass is 32.2. The van der Waals surface area contributed by atoms with Gasteiger partial charge in [0, 0.05) is 47.2 Å². The maximum absolute atomic E-state index is 12.9. The number of benzene rings is 2. The Bertz CT molecular complexity index is 1420. The molecular weight excluding hydrogens is 550 g/mol. The standard InChI is InChI=1S/C29H29N3O6S2/c1-2-38-29(37)27-22-13-14-32(16-19-7-4-3-5-8-19)17-23(22)40-28(27)31-25(34)18-39-21-10-6-9-20(15-21)30-24(33)11-12-26(35)36/h3-12,15H,2,13-14,16-18H2,1H3,(H,30,33)(H,31,34)(H,35,36)/b12-11+. The van der Waals surface area contributed by atoms with E-state index in [4.69, 9.17) is 9.84 Å². The van der Waals surface area contributed by atoms with Gasteiger partial charge in [-0.2, -0.15) is 0 Å². The average Bonchev–Trinajstić information content (AvgIpc) is 3.28. The van der Waals surface area contributed by atoms with Crippen molar-refractivity contribution in [2.24, 2.45) is 0 Å².